The van der Waals surface area contributed by atoms with Gasteiger partial charge in [0.05, 0.1) is 22.7 Å². The number of carboxylic acids is 1. The minimum atomic E-state index is -4.43. The standard InChI is InChI=1S/C13H12F3NO2S/c1-8(12(18)19)11(17-7-20)6-9-3-2-4-10(5-9)13(14,15)16/h2-5,8,11H,6H2,1H3,(H,18,19). The number of halogens is 3. The minimum Gasteiger partial charge on any atom is -0.481 e. The smallest absolute Gasteiger partial charge is 0.416 e. The van der Waals surface area contributed by atoms with Gasteiger partial charge in [0.2, 0.25) is 0 Å². The first-order chi connectivity index (χ1) is 9.25. The molecule has 0 aromatic heterocycles. The van der Waals surface area contributed by atoms with E-state index in [-0.39, 0.29) is 6.42 Å². The summed E-state index contributed by atoms with van der Waals surface area (Å²) in [6, 6.07) is 3.98. The second-order valence-corrected chi connectivity index (χ2v) is 4.50. The number of isothiocyanates is 1. The van der Waals surface area contributed by atoms with Crippen LogP contribution in [-0.4, -0.2) is 22.3 Å². The van der Waals surface area contributed by atoms with Crippen LogP contribution in [0.4, 0.5) is 13.2 Å². The molecule has 0 aliphatic heterocycles. The van der Waals surface area contributed by atoms with Crippen LogP contribution < -0.4 is 0 Å². The molecule has 2 unspecified atom stereocenters. The highest BCUT2D eigenvalue weighted by Gasteiger charge is 2.31. The zero-order valence-corrected chi connectivity index (χ0v) is 11.3. The topological polar surface area (TPSA) is 49.7 Å². The maximum Gasteiger partial charge on any atom is 0.416 e. The lowest BCUT2D eigenvalue weighted by Crippen LogP contribution is -2.26. The molecule has 1 aromatic carbocycles. The normalized spacial score (nSPS) is 14.2. The van der Waals surface area contributed by atoms with Crippen LogP contribution in [0.1, 0.15) is 18.1 Å². The van der Waals surface area contributed by atoms with E-state index in [1.165, 1.54) is 19.1 Å². The first-order valence-corrected chi connectivity index (χ1v) is 6.12. The summed E-state index contributed by atoms with van der Waals surface area (Å²) in [5.74, 6) is -1.95. The van der Waals surface area contributed by atoms with Crippen LogP contribution in [-0.2, 0) is 17.4 Å². The Morgan fingerprint density at radius 2 is 2.15 bits per heavy atom. The first-order valence-electron chi connectivity index (χ1n) is 5.71. The van der Waals surface area contributed by atoms with Gasteiger partial charge in [-0.05, 0) is 37.2 Å². The second-order valence-electron chi connectivity index (χ2n) is 4.32. The summed E-state index contributed by atoms with van der Waals surface area (Å²) in [6.07, 6.45) is -4.38. The Kier molecular flexibility index (Phi) is 5.42. The molecule has 0 aliphatic carbocycles. The van der Waals surface area contributed by atoms with Crippen LogP contribution in [0.5, 0.6) is 0 Å². The van der Waals surface area contributed by atoms with Crippen molar-refractivity contribution in [2.75, 3.05) is 0 Å². The molecule has 0 fully saturated rings. The highest BCUT2D eigenvalue weighted by molar-refractivity contribution is 7.78. The van der Waals surface area contributed by atoms with Gasteiger partial charge in [0.1, 0.15) is 0 Å². The Labute approximate surface area is 119 Å². The molecule has 0 saturated heterocycles. The monoisotopic (exact) mass is 303 g/mol. The molecule has 1 aromatic rings. The van der Waals surface area contributed by atoms with E-state index >= 15 is 0 Å². The lowest BCUT2D eigenvalue weighted by atomic mass is 9.95. The van der Waals surface area contributed by atoms with Gasteiger partial charge in [-0.3, -0.25) is 4.79 Å². The summed E-state index contributed by atoms with van der Waals surface area (Å²) in [4.78, 5) is 14.7. The van der Waals surface area contributed by atoms with Crippen LogP contribution in [0.15, 0.2) is 29.3 Å². The van der Waals surface area contributed by atoms with E-state index in [2.05, 4.69) is 22.4 Å². The van der Waals surface area contributed by atoms with Crippen molar-refractivity contribution in [1.82, 2.24) is 0 Å². The largest absolute Gasteiger partial charge is 0.481 e. The zero-order valence-electron chi connectivity index (χ0n) is 10.5. The number of carboxylic acid groups (broad SMARTS) is 1. The highest BCUT2D eigenvalue weighted by atomic mass is 32.1. The predicted molar refractivity (Wildman–Crippen MR) is 70.8 cm³/mol. The van der Waals surface area contributed by atoms with Crippen molar-refractivity contribution >= 4 is 23.3 Å². The molecule has 1 rings (SSSR count). The lowest BCUT2D eigenvalue weighted by Gasteiger charge is -2.16. The SMILES string of the molecule is CC(C(=O)O)C(Cc1cccc(C(F)(F)F)c1)N=C=S. The van der Waals surface area contributed by atoms with Gasteiger partial charge < -0.3 is 5.11 Å². The number of hydrogen-bond acceptors (Lipinski definition) is 3. The first kappa shape index (κ1) is 16.3. The van der Waals surface area contributed by atoms with Crippen LogP contribution in [0.25, 0.3) is 0 Å². The van der Waals surface area contributed by atoms with Gasteiger partial charge in [-0.15, -0.1) is 0 Å². The van der Waals surface area contributed by atoms with Gasteiger partial charge >= 0.3 is 12.1 Å². The third kappa shape index (κ3) is 4.43. The van der Waals surface area contributed by atoms with Gasteiger partial charge in [-0.1, -0.05) is 18.2 Å². The summed E-state index contributed by atoms with van der Waals surface area (Å²) >= 11 is 4.45. The van der Waals surface area contributed by atoms with Crippen LogP contribution in [0, 0.1) is 5.92 Å². The molecule has 108 valence electrons. The predicted octanol–water partition coefficient (Wildman–Crippen LogP) is 3.44. The third-order valence-corrected chi connectivity index (χ3v) is 2.99. The van der Waals surface area contributed by atoms with E-state index in [9.17, 15) is 18.0 Å². The van der Waals surface area contributed by atoms with Crippen molar-refractivity contribution in [2.24, 2.45) is 10.9 Å². The molecule has 0 aliphatic rings. The van der Waals surface area contributed by atoms with Crippen molar-refractivity contribution in [3.63, 3.8) is 0 Å². The number of aliphatic imine (C=N–C) groups is 1. The van der Waals surface area contributed by atoms with Gasteiger partial charge in [-0.25, -0.2) is 4.99 Å². The number of benzene rings is 1. The Morgan fingerprint density at radius 1 is 1.50 bits per heavy atom. The summed E-state index contributed by atoms with van der Waals surface area (Å²) < 4.78 is 37.8. The third-order valence-electron chi connectivity index (χ3n) is 2.88. The van der Waals surface area contributed by atoms with Crippen molar-refractivity contribution in [3.05, 3.63) is 35.4 Å². The van der Waals surface area contributed by atoms with Gasteiger partial charge in [-0.2, -0.15) is 13.2 Å². The molecule has 0 heterocycles. The molecule has 0 radical (unpaired) electrons. The number of alkyl halides is 3. The van der Waals surface area contributed by atoms with Crippen molar-refractivity contribution in [1.29, 1.82) is 0 Å². The summed E-state index contributed by atoms with van der Waals surface area (Å²) in [5, 5.41) is 11.0. The number of hydrogen-bond donors (Lipinski definition) is 1. The maximum atomic E-state index is 12.6. The Morgan fingerprint density at radius 3 is 2.65 bits per heavy atom. The van der Waals surface area contributed by atoms with Crippen LogP contribution >= 0.6 is 12.2 Å². The summed E-state index contributed by atoms with van der Waals surface area (Å²) in [5.41, 5.74) is -0.421. The van der Waals surface area contributed by atoms with Gasteiger partial charge in [0.15, 0.2) is 0 Å². The highest BCUT2D eigenvalue weighted by Crippen LogP contribution is 2.30. The average molecular weight is 303 g/mol. The minimum absolute atomic E-state index is 0.0566. The van der Waals surface area contributed by atoms with Crippen molar-refractivity contribution in [3.8, 4) is 0 Å². The van der Waals surface area contributed by atoms with Gasteiger partial charge in [0, 0.05) is 0 Å². The molecular weight excluding hydrogens is 291 g/mol. The Bertz CT molecular complexity index is 539. The Balaban J connectivity index is 3.00. The fraction of sp³-hybridized carbons (Fsp3) is 0.385. The van der Waals surface area contributed by atoms with E-state index in [4.69, 9.17) is 5.11 Å². The number of aliphatic carboxylic acids is 1. The summed E-state index contributed by atoms with van der Waals surface area (Å²) in [7, 11) is 0. The van der Waals surface area contributed by atoms with Gasteiger partial charge in [0.25, 0.3) is 0 Å². The van der Waals surface area contributed by atoms with Crippen molar-refractivity contribution in [2.45, 2.75) is 25.6 Å². The number of rotatable bonds is 5. The fourth-order valence-corrected chi connectivity index (χ4v) is 1.82. The van der Waals surface area contributed by atoms with E-state index in [0.29, 0.717) is 5.56 Å². The van der Waals surface area contributed by atoms with E-state index in [1.54, 1.807) is 0 Å². The second kappa shape index (κ2) is 6.63. The number of carbonyl (C=O) groups is 1. The van der Waals surface area contributed by atoms with E-state index in [0.717, 1.165) is 12.1 Å². The van der Waals surface area contributed by atoms with Crippen LogP contribution in [0.2, 0.25) is 0 Å². The zero-order chi connectivity index (χ0) is 15.3. The van der Waals surface area contributed by atoms with E-state index in [1.807, 2.05) is 0 Å². The van der Waals surface area contributed by atoms with E-state index < -0.39 is 29.7 Å². The molecular formula is C13H12F3NO2S. The molecule has 0 amide bonds. The molecule has 1 N–H and O–H groups in total. The van der Waals surface area contributed by atoms with Crippen LogP contribution in [0.3, 0.4) is 0 Å². The Hall–Kier alpha value is -1.72. The average Bonchev–Trinajstić information content (AvgIpc) is 2.36. The molecule has 0 spiro atoms. The molecule has 0 saturated carbocycles. The quantitative estimate of drug-likeness (QED) is 0.669. The molecule has 7 heteroatoms. The van der Waals surface area contributed by atoms with Crippen molar-refractivity contribution < 1.29 is 23.1 Å². The molecule has 3 nitrogen and oxygen atoms in total. The molecule has 0 bridgehead atoms. The molecule has 20 heavy (non-hydrogen) atoms. The lowest BCUT2D eigenvalue weighted by molar-refractivity contribution is -0.142. The maximum absolute atomic E-state index is 12.6. The fourth-order valence-electron chi connectivity index (χ4n) is 1.68. The molecule has 2 atom stereocenters. The summed E-state index contributed by atoms with van der Waals surface area (Å²) in [6.45, 7) is 1.43. The number of nitrogens with zero attached hydrogens (tertiary/aromatic N) is 1. The number of thiocarbonyl (C=S) groups is 1.